The van der Waals surface area contributed by atoms with Crippen molar-refractivity contribution in [2.24, 2.45) is 5.92 Å². The molecule has 3 unspecified atom stereocenters. The normalized spacial score (nSPS) is 22.4. The number of nitrogens with zero attached hydrogens (tertiary/aromatic N) is 2. The number of benzene rings is 3. The molecule has 3 aromatic carbocycles. The van der Waals surface area contributed by atoms with E-state index in [2.05, 4.69) is 0 Å². The third kappa shape index (κ3) is 4.35. The summed E-state index contributed by atoms with van der Waals surface area (Å²) in [4.78, 5) is 42.9. The van der Waals surface area contributed by atoms with Crippen LogP contribution in [-0.2, 0) is 9.59 Å². The fraction of sp³-hybridized carbons (Fsp3) is 0.387. The maximum atomic E-state index is 14.2. The maximum absolute atomic E-state index is 14.2. The van der Waals surface area contributed by atoms with Crippen molar-refractivity contribution in [2.45, 2.75) is 69.5 Å². The third-order valence-corrected chi connectivity index (χ3v) is 8.90. The van der Waals surface area contributed by atoms with E-state index in [4.69, 9.17) is 11.6 Å². The summed E-state index contributed by atoms with van der Waals surface area (Å²) in [5.74, 6) is -1.04. The van der Waals surface area contributed by atoms with E-state index >= 15 is 0 Å². The van der Waals surface area contributed by atoms with Gasteiger partial charge in [0.1, 0.15) is 0 Å². The maximum Gasteiger partial charge on any atom is 0.303 e. The lowest BCUT2D eigenvalue weighted by Crippen LogP contribution is -2.55. The number of carboxylic acids is 1. The van der Waals surface area contributed by atoms with E-state index in [-0.39, 0.29) is 48.7 Å². The standard InChI is InChI=1S/C31H31ClN2O4/c32-22-13-14-25-27(18-22)34(31(38)21-12-11-19-5-1-2-6-20(19)17-21)26-10-4-9-24(26)30(25)33(23-7-3-8-23)28(35)15-16-29(36)37/h1-2,5-6,11-14,17-18,23-24,26,30H,3-4,7-10,15-16H2,(H,36,37). The number of hydrogen-bond donors (Lipinski definition) is 1. The molecule has 2 saturated carbocycles. The lowest BCUT2D eigenvalue weighted by molar-refractivity contribution is -0.145. The largest absolute Gasteiger partial charge is 0.481 e. The number of fused-ring (bicyclic) bond motifs is 3. The van der Waals surface area contributed by atoms with Crippen LogP contribution in [0.3, 0.4) is 0 Å². The minimum absolute atomic E-state index is 0.0115. The number of carbonyl (C=O) groups excluding carboxylic acids is 2. The van der Waals surface area contributed by atoms with Gasteiger partial charge in [0.25, 0.3) is 5.91 Å². The van der Waals surface area contributed by atoms with Gasteiger partial charge < -0.3 is 14.9 Å². The van der Waals surface area contributed by atoms with Crippen molar-refractivity contribution in [3.05, 3.63) is 76.8 Å². The Bertz CT molecular complexity index is 1420. The van der Waals surface area contributed by atoms with Crippen LogP contribution < -0.4 is 4.90 Å². The highest BCUT2D eigenvalue weighted by Gasteiger charge is 2.50. The van der Waals surface area contributed by atoms with Crippen molar-refractivity contribution in [2.75, 3.05) is 4.90 Å². The minimum Gasteiger partial charge on any atom is -0.481 e. The zero-order chi connectivity index (χ0) is 26.4. The second-order valence-electron chi connectivity index (χ2n) is 10.8. The molecule has 1 N–H and O–H groups in total. The molecule has 0 spiro atoms. The van der Waals surface area contributed by atoms with Gasteiger partial charge in [-0.05, 0) is 72.7 Å². The molecular formula is C31H31ClN2O4. The van der Waals surface area contributed by atoms with Crippen LogP contribution in [0.1, 0.15) is 73.3 Å². The SMILES string of the molecule is O=C(O)CCC(=O)N(C1CCC1)C1c2ccc(Cl)cc2N(C(=O)c2ccc3ccccc3c2)C2CCCC21. The lowest BCUT2D eigenvalue weighted by Gasteiger charge is -2.51. The van der Waals surface area contributed by atoms with E-state index in [1.165, 1.54) is 0 Å². The van der Waals surface area contributed by atoms with Crippen molar-refractivity contribution in [3.8, 4) is 0 Å². The van der Waals surface area contributed by atoms with Crippen LogP contribution in [0.5, 0.6) is 0 Å². The first-order chi connectivity index (χ1) is 18.4. The van der Waals surface area contributed by atoms with Gasteiger partial charge in [0, 0.05) is 35.0 Å². The van der Waals surface area contributed by atoms with Crippen molar-refractivity contribution >= 4 is 45.8 Å². The first-order valence-corrected chi connectivity index (χ1v) is 13.9. The molecular weight excluding hydrogens is 500 g/mol. The fourth-order valence-electron chi connectivity index (χ4n) is 6.71. The first kappa shape index (κ1) is 24.9. The smallest absolute Gasteiger partial charge is 0.303 e. The van der Waals surface area contributed by atoms with Gasteiger partial charge in [-0.25, -0.2) is 0 Å². The summed E-state index contributed by atoms with van der Waals surface area (Å²) in [7, 11) is 0. The van der Waals surface area contributed by atoms with Gasteiger partial charge in [-0.2, -0.15) is 0 Å². The topological polar surface area (TPSA) is 77.9 Å². The molecule has 196 valence electrons. The number of aliphatic carboxylic acids is 1. The summed E-state index contributed by atoms with van der Waals surface area (Å²) in [6.07, 6.45) is 5.46. The van der Waals surface area contributed by atoms with Gasteiger partial charge in [-0.15, -0.1) is 0 Å². The molecule has 3 atom stereocenters. The number of halogens is 1. The average Bonchev–Trinajstić information content (AvgIpc) is 3.36. The first-order valence-electron chi connectivity index (χ1n) is 13.6. The molecule has 1 aliphatic heterocycles. The molecule has 1 heterocycles. The van der Waals surface area contributed by atoms with Crippen LogP contribution in [0.25, 0.3) is 10.8 Å². The van der Waals surface area contributed by atoms with E-state index in [9.17, 15) is 19.5 Å². The Morgan fingerprint density at radius 2 is 1.66 bits per heavy atom. The molecule has 0 aromatic heterocycles. The molecule has 0 radical (unpaired) electrons. The Morgan fingerprint density at radius 3 is 2.39 bits per heavy atom. The van der Waals surface area contributed by atoms with Crippen LogP contribution >= 0.6 is 11.6 Å². The van der Waals surface area contributed by atoms with E-state index in [0.29, 0.717) is 10.6 Å². The zero-order valence-electron chi connectivity index (χ0n) is 21.2. The summed E-state index contributed by atoms with van der Waals surface area (Å²) >= 11 is 6.51. The van der Waals surface area contributed by atoms with Gasteiger partial charge in [0.2, 0.25) is 5.91 Å². The van der Waals surface area contributed by atoms with Crippen molar-refractivity contribution in [1.29, 1.82) is 0 Å². The van der Waals surface area contributed by atoms with Gasteiger partial charge >= 0.3 is 5.97 Å². The molecule has 0 saturated heterocycles. The van der Waals surface area contributed by atoms with Crippen molar-refractivity contribution in [3.63, 3.8) is 0 Å². The quantitative estimate of drug-likeness (QED) is 0.389. The highest BCUT2D eigenvalue weighted by atomic mass is 35.5. The molecule has 0 bridgehead atoms. The Hall–Kier alpha value is -3.38. The second-order valence-corrected chi connectivity index (χ2v) is 11.3. The molecule has 6 nitrogen and oxygen atoms in total. The Kier molecular flexibility index (Phi) is 6.60. The van der Waals surface area contributed by atoms with Crippen LogP contribution in [0.2, 0.25) is 5.02 Å². The van der Waals surface area contributed by atoms with Crippen molar-refractivity contribution in [1.82, 2.24) is 4.90 Å². The predicted octanol–water partition coefficient (Wildman–Crippen LogP) is 6.61. The predicted molar refractivity (Wildman–Crippen MR) is 147 cm³/mol. The second kappa shape index (κ2) is 10.1. The third-order valence-electron chi connectivity index (χ3n) is 8.66. The van der Waals surface area contributed by atoms with E-state index in [1.54, 1.807) is 0 Å². The fourth-order valence-corrected chi connectivity index (χ4v) is 6.88. The van der Waals surface area contributed by atoms with Crippen LogP contribution in [0.4, 0.5) is 5.69 Å². The number of amides is 2. The summed E-state index contributed by atoms with van der Waals surface area (Å²) in [5, 5.41) is 11.9. The number of carbonyl (C=O) groups is 3. The lowest BCUT2D eigenvalue weighted by atomic mass is 9.78. The zero-order valence-corrected chi connectivity index (χ0v) is 21.9. The molecule has 6 rings (SSSR count). The molecule has 3 aliphatic rings. The molecule has 3 aromatic rings. The molecule has 2 aliphatic carbocycles. The number of anilines is 1. The van der Waals surface area contributed by atoms with Crippen LogP contribution in [0.15, 0.2) is 60.7 Å². The Balaban J connectivity index is 1.44. The molecule has 2 amide bonds. The van der Waals surface area contributed by atoms with Gasteiger partial charge in [0.15, 0.2) is 0 Å². The highest BCUT2D eigenvalue weighted by Crippen LogP contribution is 2.53. The molecule has 2 fully saturated rings. The minimum atomic E-state index is -0.964. The number of carboxylic acid groups (broad SMARTS) is 1. The van der Waals surface area contributed by atoms with E-state index in [1.807, 2.05) is 70.5 Å². The Morgan fingerprint density at radius 1 is 0.895 bits per heavy atom. The average molecular weight is 531 g/mol. The van der Waals surface area contributed by atoms with Crippen LogP contribution in [-0.4, -0.2) is 39.9 Å². The molecule has 38 heavy (non-hydrogen) atoms. The van der Waals surface area contributed by atoms with Gasteiger partial charge in [-0.1, -0.05) is 54.4 Å². The van der Waals surface area contributed by atoms with Crippen molar-refractivity contribution < 1.29 is 19.5 Å². The monoisotopic (exact) mass is 530 g/mol. The summed E-state index contributed by atoms with van der Waals surface area (Å²) in [5.41, 5.74) is 2.33. The number of hydrogen-bond acceptors (Lipinski definition) is 3. The summed E-state index contributed by atoms with van der Waals surface area (Å²) in [6.45, 7) is 0. The van der Waals surface area contributed by atoms with Gasteiger partial charge in [0.05, 0.1) is 18.2 Å². The van der Waals surface area contributed by atoms with E-state index < -0.39 is 5.97 Å². The summed E-state index contributed by atoms with van der Waals surface area (Å²) < 4.78 is 0. The molecule has 7 heteroatoms. The Labute approximate surface area is 227 Å². The van der Waals surface area contributed by atoms with E-state index in [0.717, 1.165) is 60.5 Å². The summed E-state index contributed by atoms with van der Waals surface area (Å²) in [6, 6.07) is 19.4. The van der Waals surface area contributed by atoms with Crippen LogP contribution in [0, 0.1) is 5.92 Å². The number of rotatable bonds is 6. The highest BCUT2D eigenvalue weighted by molar-refractivity contribution is 6.31. The van der Waals surface area contributed by atoms with Gasteiger partial charge in [-0.3, -0.25) is 14.4 Å².